The van der Waals surface area contributed by atoms with Gasteiger partial charge in [0.05, 0.1) is 12.1 Å². The minimum Gasteiger partial charge on any atom is -0.342 e. The molecule has 1 fully saturated rings. The molecule has 1 aliphatic heterocycles. The summed E-state index contributed by atoms with van der Waals surface area (Å²) in [5.74, 6) is 0.0640. The van der Waals surface area contributed by atoms with Gasteiger partial charge in [-0.05, 0) is 61.4 Å². The molecule has 0 N–H and O–H groups in total. The Morgan fingerprint density at radius 3 is 2.71 bits per heavy atom. The second kappa shape index (κ2) is 8.30. The number of nitrogens with zero attached hydrogens (tertiary/aromatic N) is 3. The number of rotatable bonds is 4. The van der Waals surface area contributed by atoms with Gasteiger partial charge in [-0.25, -0.2) is 4.39 Å². The van der Waals surface area contributed by atoms with Crippen LogP contribution in [-0.4, -0.2) is 33.9 Å². The van der Waals surface area contributed by atoms with Crippen molar-refractivity contribution in [1.29, 1.82) is 0 Å². The van der Waals surface area contributed by atoms with Gasteiger partial charge in [-0.15, -0.1) is 0 Å². The van der Waals surface area contributed by atoms with Crippen LogP contribution in [0.1, 0.15) is 30.1 Å². The third kappa shape index (κ3) is 4.25. The Morgan fingerprint density at radius 1 is 1.07 bits per heavy atom. The lowest BCUT2D eigenvalue weighted by atomic mass is 9.93. The molecule has 0 radical (unpaired) electrons. The van der Waals surface area contributed by atoms with Crippen LogP contribution >= 0.6 is 0 Å². The molecule has 28 heavy (non-hydrogen) atoms. The first-order valence-electron chi connectivity index (χ1n) is 9.59. The summed E-state index contributed by atoms with van der Waals surface area (Å²) in [6, 6.07) is 17.9. The van der Waals surface area contributed by atoms with E-state index in [1.54, 1.807) is 18.3 Å². The molecule has 1 saturated heterocycles. The van der Waals surface area contributed by atoms with Crippen molar-refractivity contribution in [1.82, 2.24) is 14.9 Å². The molecule has 142 valence electrons. The SMILES string of the molecule is O=C(Cc1ccccn1)N1CCC[C@@H](c2cccc(-c3ccc(F)cc3)n2)C1. The Hall–Kier alpha value is -3.08. The monoisotopic (exact) mass is 375 g/mol. The standard InChI is InChI=1S/C23H22FN3O/c24-19-11-9-17(10-12-19)21-7-3-8-22(26-21)18-5-4-14-27(16-18)23(28)15-20-6-1-2-13-25-20/h1-3,6-13,18H,4-5,14-16H2/t18-/m1/s1. The van der Waals surface area contributed by atoms with E-state index in [-0.39, 0.29) is 17.6 Å². The Morgan fingerprint density at radius 2 is 1.93 bits per heavy atom. The summed E-state index contributed by atoms with van der Waals surface area (Å²) in [5, 5.41) is 0. The Balaban J connectivity index is 1.48. The first kappa shape index (κ1) is 18.3. The fourth-order valence-corrected chi connectivity index (χ4v) is 3.67. The molecule has 0 bridgehead atoms. The predicted molar refractivity (Wildman–Crippen MR) is 106 cm³/mol. The number of carbonyl (C=O) groups is 1. The molecule has 0 unspecified atom stereocenters. The first-order chi connectivity index (χ1) is 13.7. The van der Waals surface area contributed by atoms with Gasteiger partial charge in [0, 0.05) is 42.2 Å². The number of halogens is 1. The summed E-state index contributed by atoms with van der Waals surface area (Å²) >= 11 is 0. The highest BCUT2D eigenvalue weighted by atomic mass is 19.1. The largest absolute Gasteiger partial charge is 0.342 e. The van der Waals surface area contributed by atoms with E-state index < -0.39 is 0 Å². The summed E-state index contributed by atoms with van der Waals surface area (Å²) in [4.78, 5) is 23.7. The zero-order valence-corrected chi connectivity index (χ0v) is 15.6. The van der Waals surface area contributed by atoms with Gasteiger partial charge in [-0.3, -0.25) is 14.8 Å². The maximum atomic E-state index is 13.2. The van der Waals surface area contributed by atoms with E-state index in [1.807, 2.05) is 41.3 Å². The Kier molecular flexibility index (Phi) is 5.42. The number of benzene rings is 1. The van der Waals surface area contributed by atoms with Crippen LogP contribution in [0.2, 0.25) is 0 Å². The highest BCUT2D eigenvalue weighted by Crippen LogP contribution is 2.28. The number of piperidine rings is 1. The van der Waals surface area contributed by atoms with E-state index in [4.69, 9.17) is 4.98 Å². The second-order valence-electron chi connectivity index (χ2n) is 7.13. The van der Waals surface area contributed by atoms with Crippen LogP contribution in [0.5, 0.6) is 0 Å². The van der Waals surface area contributed by atoms with Crippen LogP contribution in [0.15, 0.2) is 66.9 Å². The second-order valence-corrected chi connectivity index (χ2v) is 7.13. The summed E-state index contributed by atoms with van der Waals surface area (Å²) in [6.45, 7) is 1.45. The quantitative estimate of drug-likeness (QED) is 0.685. The van der Waals surface area contributed by atoms with Gasteiger partial charge in [0.1, 0.15) is 5.82 Å². The van der Waals surface area contributed by atoms with E-state index in [2.05, 4.69) is 4.98 Å². The Bertz CT molecular complexity index is 944. The lowest BCUT2D eigenvalue weighted by Gasteiger charge is -2.32. The van der Waals surface area contributed by atoms with E-state index >= 15 is 0 Å². The zero-order valence-electron chi connectivity index (χ0n) is 15.6. The number of aromatic nitrogens is 2. The molecule has 4 nitrogen and oxygen atoms in total. The molecule has 0 spiro atoms. The van der Waals surface area contributed by atoms with Gasteiger partial charge < -0.3 is 4.90 Å². The summed E-state index contributed by atoms with van der Waals surface area (Å²) < 4.78 is 13.2. The maximum absolute atomic E-state index is 13.2. The summed E-state index contributed by atoms with van der Waals surface area (Å²) in [7, 11) is 0. The van der Waals surface area contributed by atoms with Gasteiger partial charge in [-0.1, -0.05) is 12.1 Å². The molecule has 0 aliphatic carbocycles. The molecule has 2 aromatic heterocycles. The number of pyridine rings is 2. The molecule has 5 heteroatoms. The molecule has 3 aromatic rings. The minimum absolute atomic E-state index is 0.109. The minimum atomic E-state index is -0.255. The highest BCUT2D eigenvalue weighted by molar-refractivity contribution is 5.78. The number of carbonyl (C=O) groups excluding carboxylic acids is 1. The van der Waals surface area contributed by atoms with E-state index in [0.717, 1.165) is 42.0 Å². The van der Waals surface area contributed by atoms with E-state index in [1.165, 1.54) is 12.1 Å². The number of hydrogen-bond acceptors (Lipinski definition) is 3. The van der Waals surface area contributed by atoms with Gasteiger partial charge in [-0.2, -0.15) is 0 Å². The highest BCUT2D eigenvalue weighted by Gasteiger charge is 2.26. The van der Waals surface area contributed by atoms with Crippen LogP contribution in [0.3, 0.4) is 0 Å². The van der Waals surface area contributed by atoms with Gasteiger partial charge in [0.2, 0.25) is 5.91 Å². The maximum Gasteiger partial charge on any atom is 0.228 e. The Labute approximate surface area is 164 Å². The van der Waals surface area contributed by atoms with Crippen LogP contribution in [0, 0.1) is 5.82 Å². The van der Waals surface area contributed by atoms with Crippen molar-refractivity contribution >= 4 is 5.91 Å². The molecule has 1 aliphatic rings. The van der Waals surface area contributed by atoms with Crippen molar-refractivity contribution in [2.75, 3.05) is 13.1 Å². The van der Waals surface area contributed by atoms with E-state index in [9.17, 15) is 9.18 Å². The third-order valence-electron chi connectivity index (χ3n) is 5.16. The number of hydrogen-bond donors (Lipinski definition) is 0. The van der Waals surface area contributed by atoms with Crippen molar-refractivity contribution in [3.8, 4) is 11.3 Å². The lowest BCUT2D eigenvalue weighted by molar-refractivity contribution is -0.131. The van der Waals surface area contributed by atoms with Crippen LogP contribution in [0.25, 0.3) is 11.3 Å². The molecule has 3 heterocycles. The fourth-order valence-electron chi connectivity index (χ4n) is 3.67. The topological polar surface area (TPSA) is 46.1 Å². The van der Waals surface area contributed by atoms with Crippen molar-refractivity contribution in [2.24, 2.45) is 0 Å². The van der Waals surface area contributed by atoms with Crippen LogP contribution in [0.4, 0.5) is 4.39 Å². The van der Waals surface area contributed by atoms with Crippen molar-refractivity contribution in [2.45, 2.75) is 25.2 Å². The zero-order chi connectivity index (χ0) is 19.3. The number of amides is 1. The van der Waals surface area contributed by atoms with Crippen LogP contribution in [-0.2, 0) is 11.2 Å². The van der Waals surface area contributed by atoms with E-state index in [0.29, 0.717) is 13.0 Å². The first-order valence-corrected chi connectivity index (χ1v) is 9.59. The van der Waals surface area contributed by atoms with Crippen molar-refractivity contribution in [3.63, 3.8) is 0 Å². The molecular formula is C23H22FN3O. The normalized spacial score (nSPS) is 16.8. The van der Waals surface area contributed by atoms with Gasteiger partial charge in [0.15, 0.2) is 0 Å². The molecule has 1 aromatic carbocycles. The molecule has 4 rings (SSSR count). The third-order valence-corrected chi connectivity index (χ3v) is 5.16. The summed E-state index contributed by atoms with van der Waals surface area (Å²) in [5.41, 5.74) is 3.50. The van der Waals surface area contributed by atoms with Crippen molar-refractivity contribution < 1.29 is 9.18 Å². The summed E-state index contributed by atoms with van der Waals surface area (Å²) in [6.07, 6.45) is 4.01. The molecular weight excluding hydrogens is 353 g/mol. The van der Waals surface area contributed by atoms with Crippen LogP contribution < -0.4 is 0 Å². The average Bonchev–Trinajstić information content (AvgIpc) is 2.75. The molecule has 1 atom stereocenters. The fraction of sp³-hybridized carbons (Fsp3) is 0.261. The smallest absolute Gasteiger partial charge is 0.228 e. The van der Waals surface area contributed by atoms with Gasteiger partial charge in [0.25, 0.3) is 0 Å². The average molecular weight is 375 g/mol. The lowest BCUT2D eigenvalue weighted by Crippen LogP contribution is -2.40. The predicted octanol–water partition coefficient (Wildman–Crippen LogP) is 4.23. The van der Waals surface area contributed by atoms with Crippen molar-refractivity contribution in [3.05, 3.63) is 84.1 Å². The number of likely N-dealkylation sites (tertiary alicyclic amines) is 1. The molecule has 0 saturated carbocycles. The molecule has 1 amide bonds. The van der Waals surface area contributed by atoms with Gasteiger partial charge >= 0.3 is 0 Å².